The fraction of sp³-hybridized carbons (Fsp3) is 0.588. The number of rotatable bonds is 2. The van der Waals surface area contributed by atoms with Crippen molar-refractivity contribution < 1.29 is 27.1 Å². The molecule has 0 atom stereocenters. The molecule has 3 rings (SSSR count). The molecule has 1 aromatic carbocycles. The first-order valence-corrected chi connectivity index (χ1v) is 10.7. The van der Waals surface area contributed by atoms with Crippen LogP contribution >= 0.6 is 15.9 Å². The first-order valence-electron chi connectivity index (χ1n) is 8.49. The highest BCUT2D eigenvalue weighted by Gasteiger charge is 2.52. The number of amides is 1. The number of halogens is 2. The second-order valence-corrected chi connectivity index (χ2v) is 10.6. The molecule has 0 aromatic heterocycles. The van der Waals surface area contributed by atoms with Crippen LogP contribution in [0.2, 0.25) is 0 Å². The van der Waals surface area contributed by atoms with Gasteiger partial charge in [-0.2, -0.15) is 4.31 Å². The van der Waals surface area contributed by atoms with Crippen molar-refractivity contribution in [1.29, 1.82) is 0 Å². The molecular formula is C17H22BrFN2O5S. The lowest BCUT2D eigenvalue weighted by atomic mass is 9.93. The van der Waals surface area contributed by atoms with Gasteiger partial charge in [0.2, 0.25) is 10.0 Å². The van der Waals surface area contributed by atoms with Crippen LogP contribution in [-0.2, 0) is 19.5 Å². The smallest absolute Gasteiger partial charge is 0.410 e. The van der Waals surface area contributed by atoms with Crippen LogP contribution in [-0.4, -0.2) is 67.7 Å². The lowest BCUT2D eigenvalue weighted by molar-refractivity contribution is -0.165. The molecule has 7 nitrogen and oxygen atoms in total. The minimum absolute atomic E-state index is 0.103. The number of nitrogens with zero attached hydrogens (tertiary/aromatic N) is 2. The number of sulfonamides is 1. The number of morpholine rings is 1. The topological polar surface area (TPSA) is 76.2 Å². The molecule has 0 aliphatic carbocycles. The molecule has 1 aromatic rings. The molecule has 2 heterocycles. The maximum atomic E-state index is 13.8. The summed E-state index contributed by atoms with van der Waals surface area (Å²) in [6.45, 7) is 6.34. The van der Waals surface area contributed by atoms with Crippen molar-refractivity contribution in [3.05, 3.63) is 28.5 Å². The summed E-state index contributed by atoms with van der Waals surface area (Å²) in [7, 11) is -3.86. The molecule has 0 unspecified atom stereocenters. The molecule has 1 spiro atoms. The summed E-state index contributed by atoms with van der Waals surface area (Å²) in [5.41, 5.74) is -1.36. The highest BCUT2D eigenvalue weighted by atomic mass is 79.9. The van der Waals surface area contributed by atoms with E-state index in [1.165, 1.54) is 21.3 Å². The highest BCUT2D eigenvalue weighted by molar-refractivity contribution is 9.10. The monoisotopic (exact) mass is 464 g/mol. The summed E-state index contributed by atoms with van der Waals surface area (Å²) in [5, 5.41) is 0. The van der Waals surface area contributed by atoms with Gasteiger partial charge in [0.25, 0.3) is 0 Å². The molecular weight excluding hydrogens is 443 g/mol. The van der Waals surface area contributed by atoms with Gasteiger partial charge in [0.1, 0.15) is 17.0 Å². The zero-order valence-electron chi connectivity index (χ0n) is 15.4. The van der Waals surface area contributed by atoms with Crippen molar-refractivity contribution in [3.8, 4) is 0 Å². The van der Waals surface area contributed by atoms with Crippen molar-refractivity contribution >= 4 is 32.0 Å². The number of likely N-dealkylation sites (tertiary alicyclic amines) is 1. The standard InChI is InChI=1S/C17H22BrFN2O5S/c1-16(2,3)26-15(22)20-9-17(10-20)11-21(6-7-25-17)27(23,24)12-4-5-13(18)14(19)8-12/h4-5,8H,6-7,9-11H2,1-3H3. The highest BCUT2D eigenvalue weighted by Crippen LogP contribution is 2.33. The Morgan fingerprint density at radius 3 is 2.56 bits per heavy atom. The third kappa shape index (κ3) is 4.28. The second-order valence-electron chi connectivity index (χ2n) is 7.78. The van der Waals surface area contributed by atoms with Crippen molar-refractivity contribution in [2.24, 2.45) is 0 Å². The number of carbonyl (C=O) groups is 1. The molecule has 27 heavy (non-hydrogen) atoms. The van der Waals surface area contributed by atoms with Gasteiger partial charge in [-0.1, -0.05) is 0 Å². The summed E-state index contributed by atoms with van der Waals surface area (Å²) >= 11 is 3.02. The average Bonchev–Trinajstić information content (AvgIpc) is 2.53. The summed E-state index contributed by atoms with van der Waals surface area (Å²) in [6, 6.07) is 3.72. The van der Waals surface area contributed by atoms with E-state index >= 15 is 0 Å². The minimum Gasteiger partial charge on any atom is -0.444 e. The normalized spacial score (nSPS) is 20.4. The van der Waals surface area contributed by atoms with E-state index in [0.29, 0.717) is 0 Å². The number of benzene rings is 1. The van der Waals surface area contributed by atoms with Gasteiger partial charge in [-0.25, -0.2) is 17.6 Å². The summed E-state index contributed by atoms with van der Waals surface area (Å²) in [4.78, 5) is 13.5. The van der Waals surface area contributed by atoms with Gasteiger partial charge in [0.15, 0.2) is 0 Å². The molecule has 0 radical (unpaired) electrons. The van der Waals surface area contributed by atoms with Crippen LogP contribution in [0.1, 0.15) is 20.8 Å². The molecule has 1 amide bonds. The zero-order valence-corrected chi connectivity index (χ0v) is 17.8. The molecule has 2 aliphatic rings. The van der Waals surface area contributed by atoms with Gasteiger partial charge in [0, 0.05) is 13.1 Å². The maximum absolute atomic E-state index is 13.8. The fourth-order valence-corrected chi connectivity index (χ4v) is 4.86. The quantitative estimate of drug-likeness (QED) is 0.672. The molecule has 150 valence electrons. The molecule has 0 N–H and O–H groups in total. The van der Waals surface area contributed by atoms with Gasteiger partial charge in [0.05, 0.1) is 29.1 Å². The third-order valence-corrected chi connectivity index (χ3v) is 6.84. The Morgan fingerprint density at radius 2 is 1.96 bits per heavy atom. The van der Waals surface area contributed by atoms with E-state index in [-0.39, 0.29) is 42.2 Å². The molecule has 2 fully saturated rings. The van der Waals surface area contributed by atoms with Crippen LogP contribution in [0.15, 0.2) is 27.6 Å². The largest absolute Gasteiger partial charge is 0.444 e. The number of ether oxygens (including phenoxy) is 2. The van der Waals surface area contributed by atoms with Crippen molar-refractivity contribution in [2.45, 2.75) is 36.9 Å². The zero-order chi connectivity index (χ0) is 20.0. The Balaban J connectivity index is 1.70. The second kappa shape index (κ2) is 6.98. The van der Waals surface area contributed by atoms with Gasteiger partial charge in [-0.05, 0) is 54.9 Å². The van der Waals surface area contributed by atoms with Crippen molar-refractivity contribution in [1.82, 2.24) is 9.21 Å². The van der Waals surface area contributed by atoms with E-state index in [1.807, 2.05) is 0 Å². The first kappa shape index (κ1) is 20.5. The van der Waals surface area contributed by atoms with Crippen LogP contribution < -0.4 is 0 Å². The Kier molecular flexibility index (Phi) is 5.30. The predicted octanol–water partition coefficient (Wildman–Crippen LogP) is 2.60. The number of hydrogen-bond donors (Lipinski definition) is 0. The summed E-state index contributed by atoms with van der Waals surface area (Å²) in [6.07, 6.45) is -0.452. The maximum Gasteiger partial charge on any atom is 0.410 e. The lowest BCUT2D eigenvalue weighted by Gasteiger charge is -2.53. The van der Waals surface area contributed by atoms with Crippen LogP contribution in [0.5, 0.6) is 0 Å². The van der Waals surface area contributed by atoms with Gasteiger partial charge in [-0.3, -0.25) is 0 Å². The van der Waals surface area contributed by atoms with Crippen LogP contribution in [0.3, 0.4) is 0 Å². The van der Waals surface area contributed by atoms with Gasteiger partial charge < -0.3 is 14.4 Å². The Labute approximate surface area is 166 Å². The van der Waals surface area contributed by atoms with E-state index in [0.717, 1.165) is 6.07 Å². The molecule has 10 heteroatoms. The van der Waals surface area contributed by atoms with Crippen LogP contribution in [0.4, 0.5) is 9.18 Å². The van der Waals surface area contributed by atoms with Gasteiger partial charge >= 0.3 is 6.09 Å². The molecule has 2 aliphatic heterocycles. The Bertz CT molecular complexity index is 849. The minimum atomic E-state index is -3.86. The Morgan fingerprint density at radius 1 is 1.30 bits per heavy atom. The van der Waals surface area contributed by atoms with E-state index in [4.69, 9.17) is 9.47 Å². The Hall–Kier alpha value is -1.23. The molecule has 2 saturated heterocycles. The fourth-order valence-electron chi connectivity index (χ4n) is 3.10. The van der Waals surface area contributed by atoms with Crippen LogP contribution in [0, 0.1) is 5.82 Å². The van der Waals surface area contributed by atoms with E-state index in [1.54, 1.807) is 20.8 Å². The lowest BCUT2D eigenvalue weighted by Crippen LogP contribution is -2.71. The summed E-state index contributed by atoms with van der Waals surface area (Å²) in [5.74, 6) is -0.640. The van der Waals surface area contributed by atoms with Crippen molar-refractivity contribution in [2.75, 3.05) is 32.8 Å². The van der Waals surface area contributed by atoms with E-state index in [2.05, 4.69) is 15.9 Å². The van der Waals surface area contributed by atoms with Crippen molar-refractivity contribution in [3.63, 3.8) is 0 Å². The third-order valence-electron chi connectivity index (χ3n) is 4.35. The van der Waals surface area contributed by atoms with Crippen LogP contribution in [0.25, 0.3) is 0 Å². The number of carbonyl (C=O) groups excluding carboxylic acids is 1. The average molecular weight is 465 g/mol. The molecule has 0 saturated carbocycles. The first-order chi connectivity index (χ1) is 12.4. The summed E-state index contributed by atoms with van der Waals surface area (Å²) < 4.78 is 52.1. The SMILES string of the molecule is CC(C)(C)OC(=O)N1CC2(C1)CN(S(=O)(=O)c1ccc(Br)c(F)c1)CCO2. The van der Waals surface area contributed by atoms with E-state index in [9.17, 15) is 17.6 Å². The van der Waals surface area contributed by atoms with E-state index < -0.39 is 33.1 Å². The number of hydrogen-bond acceptors (Lipinski definition) is 5. The predicted molar refractivity (Wildman–Crippen MR) is 99.3 cm³/mol. The molecule has 0 bridgehead atoms. The van der Waals surface area contributed by atoms with Gasteiger partial charge in [-0.15, -0.1) is 0 Å².